The van der Waals surface area contributed by atoms with Crippen molar-refractivity contribution in [2.24, 2.45) is 5.73 Å². The van der Waals surface area contributed by atoms with E-state index in [0.717, 1.165) is 10.4 Å². The van der Waals surface area contributed by atoms with Gasteiger partial charge in [-0.3, -0.25) is 0 Å². The highest BCUT2D eigenvalue weighted by Crippen LogP contribution is 2.16. The van der Waals surface area contributed by atoms with Gasteiger partial charge in [0, 0.05) is 10.4 Å². The monoisotopic (exact) mass is 267 g/mol. The van der Waals surface area contributed by atoms with Crippen LogP contribution in [0.4, 0.5) is 0 Å². The average Bonchev–Trinajstić information content (AvgIpc) is 2.72. The van der Waals surface area contributed by atoms with E-state index in [-0.39, 0.29) is 5.60 Å². The van der Waals surface area contributed by atoms with Crippen LogP contribution >= 0.6 is 11.3 Å². The van der Waals surface area contributed by atoms with E-state index in [0.29, 0.717) is 26.4 Å². The van der Waals surface area contributed by atoms with Crippen LogP contribution in [0.5, 0.6) is 0 Å². The van der Waals surface area contributed by atoms with E-state index in [1.165, 1.54) is 0 Å². The smallest absolute Gasteiger partial charge is 0.0823 e. The van der Waals surface area contributed by atoms with Gasteiger partial charge < -0.3 is 15.2 Å². The van der Waals surface area contributed by atoms with E-state index < -0.39 is 0 Å². The van der Waals surface area contributed by atoms with Gasteiger partial charge in [0.2, 0.25) is 0 Å². The molecule has 1 aromatic rings. The highest BCUT2D eigenvalue weighted by molar-refractivity contribution is 7.10. The van der Waals surface area contributed by atoms with E-state index in [9.17, 15) is 0 Å². The molecule has 1 aromatic heterocycles. The summed E-state index contributed by atoms with van der Waals surface area (Å²) < 4.78 is 11.2. The maximum absolute atomic E-state index is 5.58. The van der Waals surface area contributed by atoms with Crippen molar-refractivity contribution in [3.05, 3.63) is 21.9 Å². The van der Waals surface area contributed by atoms with Crippen LogP contribution in [0.15, 0.2) is 11.4 Å². The lowest BCUT2D eigenvalue weighted by Crippen LogP contribution is -2.21. The number of rotatable bonds is 5. The molecule has 2 N–H and O–H groups in total. The molecule has 0 unspecified atom stereocenters. The zero-order valence-corrected chi connectivity index (χ0v) is 12.1. The quantitative estimate of drug-likeness (QED) is 0.658. The number of ether oxygens (including phenoxy) is 2. The van der Waals surface area contributed by atoms with Gasteiger partial charge in [-0.1, -0.05) is 11.8 Å². The van der Waals surface area contributed by atoms with Crippen molar-refractivity contribution in [3.63, 3.8) is 0 Å². The molecule has 0 aliphatic rings. The average molecular weight is 267 g/mol. The van der Waals surface area contributed by atoms with Crippen LogP contribution in [-0.4, -0.2) is 25.4 Å². The predicted molar refractivity (Wildman–Crippen MR) is 75.6 cm³/mol. The Morgan fingerprint density at radius 2 is 2.11 bits per heavy atom. The standard InChI is InChI=1S/C14H21NO2S/c1-14(2,3)17-9-8-16-11-13-12(5-4-7-15)6-10-18-13/h6,10H,7-9,11,15H2,1-3H3. The molecule has 0 saturated heterocycles. The Hall–Kier alpha value is -0.860. The fourth-order valence-electron chi connectivity index (χ4n) is 1.28. The molecule has 0 amide bonds. The maximum atomic E-state index is 5.58. The number of thiophene rings is 1. The summed E-state index contributed by atoms with van der Waals surface area (Å²) in [5.74, 6) is 5.90. The summed E-state index contributed by atoms with van der Waals surface area (Å²) in [6.07, 6.45) is 0. The SMILES string of the molecule is CC(C)(C)OCCOCc1sccc1C#CCN. The molecule has 1 rings (SSSR count). The number of hydrogen-bond donors (Lipinski definition) is 1. The van der Waals surface area contributed by atoms with Crippen LogP contribution in [-0.2, 0) is 16.1 Å². The van der Waals surface area contributed by atoms with E-state index in [1.807, 2.05) is 32.2 Å². The van der Waals surface area contributed by atoms with Gasteiger partial charge in [0.05, 0.1) is 32.0 Å². The van der Waals surface area contributed by atoms with Gasteiger partial charge in [-0.05, 0) is 32.2 Å². The molecule has 18 heavy (non-hydrogen) atoms. The third-order valence-electron chi connectivity index (χ3n) is 2.07. The molecule has 0 radical (unpaired) electrons. The topological polar surface area (TPSA) is 44.5 Å². The van der Waals surface area contributed by atoms with Crippen molar-refractivity contribution in [3.8, 4) is 11.8 Å². The summed E-state index contributed by atoms with van der Waals surface area (Å²) in [5.41, 5.74) is 6.27. The molecular formula is C14H21NO2S. The summed E-state index contributed by atoms with van der Waals surface area (Å²) in [4.78, 5) is 1.15. The fourth-order valence-corrected chi connectivity index (χ4v) is 2.05. The maximum Gasteiger partial charge on any atom is 0.0823 e. The lowest BCUT2D eigenvalue weighted by molar-refractivity contribution is -0.0374. The van der Waals surface area contributed by atoms with E-state index >= 15 is 0 Å². The summed E-state index contributed by atoms with van der Waals surface area (Å²) in [6, 6.07) is 2.00. The Bertz CT molecular complexity index is 409. The Morgan fingerprint density at radius 1 is 1.33 bits per heavy atom. The van der Waals surface area contributed by atoms with Crippen LogP contribution in [0.1, 0.15) is 31.2 Å². The Morgan fingerprint density at radius 3 is 2.78 bits per heavy atom. The molecule has 0 aromatic carbocycles. The molecule has 1 heterocycles. The summed E-state index contributed by atoms with van der Waals surface area (Å²) >= 11 is 1.65. The molecule has 0 aliphatic heterocycles. The minimum absolute atomic E-state index is 0.107. The van der Waals surface area contributed by atoms with E-state index in [4.69, 9.17) is 15.2 Å². The first-order valence-electron chi connectivity index (χ1n) is 6.00. The minimum Gasteiger partial charge on any atom is -0.373 e. The highest BCUT2D eigenvalue weighted by atomic mass is 32.1. The number of nitrogens with two attached hydrogens (primary N) is 1. The van der Waals surface area contributed by atoms with Crippen LogP contribution in [0, 0.1) is 11.8 Å². The minimum atomic E-state index is -0.107. The molecule has 0 aliphatic carbocycles. The molecule has 0 atom stereocenters. The predicted octanol–water partition coefficient (Wildman–Crippen LogP) is 2.39. The van der Waals surface area contributed by atoms with Crippen LogP contribution in [0.3, 0.4) is 0 Å². The van der Waals surface area contributed by atoms with E-state index in [1.54, 1.807) is 11.3 Å². The van der Waals surface area contributed by atoms with Crippen molar-refractivity contribution in [2.45, 2.75) is 33.0 Å². The van der Waals surface area contributed by atoms with Crippen molar-refractivity contribution in [2.75, 3.05) is 19.8 Å². The lowest BCUT2D eigenvalue weighted by Gasteiger charge is -2.19. The molecule has 4 heteroatoms. The first-order chi connectivity index (χ1) is 8.53. The highest BCUT2D eigenvalue weighted by Gasteiger charge is 2.09. The van der Waals surface area contributed by atoms with Gasteiger partial charge in [-0.25, -0.2) is 0 Å². The molecule has 0 fully saturated rings. The summed E-state index contributed by atoms with van der Waals surface area (Å²) in [7, 11) is 0. The van der Waals surface area contributed by atoms with Crippen molar-refractivity contribution >= 4 is 11.3 Å². The van der Waals surface area contributed by atoms with E-state index in [2.05, 4.69) is 11.8 Å². The normalized spacial score (nSPS) is 11.1. The first-order valence-corrected chi connectivity index (χ1v) is 6.88. The van der Waals surface area contributed by atoms with Gasteiger partial charge >= 0.3 is 0 Å². The second-order valence-electron chi connectivity index (χ2n) is 4.78. The summed E-state index contributed by atoms with van der Waals surface area (Å²) in [6.45, 7) is 8.28. The Balaban J connectivity index is 2.29. The first kappa shape index (κ1) is 15.2. The summed E-state index contributed by atoms with van der Waals surface area (Å²) in [5, 5.41) is 2.02. The van der Waals surface area contributed by atoms with Crippen molar-refractivity contribution < 1.29 is 9.47 Å². The molecular weight excluding hydrogens is 246 g/mol. The second kappa shape index (κ2) is 7.55. The van der Waals surface area contributed by atoms with Gasteiger partial charge in [0.25, 0.3) is 0 Å². The van der Waals surface area contributed by atoms with Crippen LogP contribution < -0.4 is 5.73 Å². The molecule has 0 bridgehead atoms. The van der Waals surface area contributed by atoms with Gasteiger partial charge in [0.1, 0.15) is 0 Å². The molecule has 0 saturated carbocycles. The zero-order chi connectivity index (χ0) is 13.4. The van der Waals surface area contributed by atoms with Gasteiger partial charge in [0.15, 0.2) is 0 Å². The third kappa shape index (κ3) is 6.18. The van der Waals surface area contributed by atoms with Gasteiger partial charge in [-0.15, -0.1) is 11.3 Å². The second-order valence-corrected chi connectivity index (χ2v) is 5.78. The van der Waals surface area contributed by atoms with Crippen molar-refractivity contribution in [1.82, 2.24) is 0 Å². The largest absolute Gasteiger partial charge is 0.373 e. The fraction of sp³-hybridized carbons (Fsp3) is 0.571. The Kier molecular flexibility index (Phi) is 6.37. The van der Waals surface area contributed by atoms with Gasteiger partial charge in [-0.2, -0.15) is 0 Å². The Labute approximate surface area is 113 Å². The lowest BCUT2D eigenvalue weighted by atomic mass is 10.2. The van der Waals surface area contributed by atoms with Crippen LogP contribution in [0.2, 0.25) is 0 Å². The molecule has 100 valence electrons. The zero-order valence-electron chi connectivity index (χ0n) is 11.3. The van der Waals surface area contributed by atoms with Crippen LogP contribution in [0.25, 0.3) is 0 Å². The number of hydrogen-bond acceptors (Lipinski definition) is 4. The molecule has 3 nitrogen and oxygen atoms in total. The third-order valence-corrected chi connectivity index (χ3v) is 2.96. The van der Waals surface area contributed by atoms with Crippen molar-refractivity contribution in [1.29, 1.82) is 0 Å². The molecule has 0 spiro atoms.